The summed E-state index contributed by atoms with van der Waals surface area (Å²) in [6.45, 7) is 6.12. The lowest BCUT2D eigenvalue weighted by Crippen LogP contribution is -2.04. The molecule has 2 rings (SSSR count). The zero-order valence-corrected chi connectivity index (χ0v) is 10.6. The molecule has 2 heterocycles. The van der Waals surface area contributed by atoms with Gasteiger partial charge in [-0.05, 0) is 31.2 Å². The average Bonchev–Trinajstić information content (AvgIpc) is 2.68. The first kappa shape index (κ1) is 11.1. The van der Waals surface area contributed by atoms with Gasteiger partial charge >= 0.3 is 0 Å². The zero-order chi connectivity index (χ0) is 11.7. The van der Waals surface area contributed by atoms with Crippen molar-refractivity contribution in [1.29, 1.82) is 0 Å². The predicted octanol–water partition coefficient (Wildman–Crippen LogP) is 2.97. The number of anilines is 1. The van der Waals surface area contributed by atoms with Crippen LogP contribution in [-0.4, -0.2) is 9.97 Å². The van der Waals surface area contributed by atoms with E-state index in [1.807, 2.05) is 6.92 Å². The monoisotopic (exact) mass is 233 g/mol. The maximum Gasteiger partial charge on any atom is 0.162 e. The van der Waals surface area contributed by atoms with E-state index in [-0.39, 0.29) is 0 Å². The minimum atomic E-state index is 0.590. The molecular weight excluding hydrogens is 218 g/mol. The van der Waals surface area contributed by atoms with Gasteiger partial charge in [0, 0.05) is 22.2 Å². The van der Waals surface area contributed by atoms with Crippen molar-refractivity contribution in [2.24, 2.45) is 0 Å². The Morgan fingerprint density at radius 3 is 2.56 bits per heavy atom. The Labute approximate surface area is 99.4 Å². The van der Waals surface area contributed by atoms with Crippen LogP contribution in [0.5, 0.6) is 0 Å². The van der Waals surface area contributed by atoms with E-state index in [1.165, 1.54) is 5.56 Å². The summed E-state index contributed by atoms with van der Waals surface area (Å²) in [5.41, 5.74) is 10.2. The summed E-state index contributed by atoms with van der Waals surface area (Å²) < 4.78 is 0. The van der Waals surface area contributed by atoms with Crippen molar-refractivity contribution >= 4 is 17.2 Å². The summed E-state index contributed by atoms with van der Waals surface area (Å²) in [6.07, 6.45) is 0.884. The summed E-state index contributed by atoms with van der Waals surface area (Å²) in [5, 5.41) is 4.17. The lowest BCUT2D eigenvalue weighted by molar-refractivity contribution is 0.982. The van der Waals surface area contributed by atoms with Crippen LogP contribution in [0.25, 0.3) is 11.4 Å². The number of rotatable bonds is 2. The molecule has 0 fully saturated rings. The first-order chi connectivity index (χ1) is 7.63. The molecule has 0 aliphatic carbocycles. The molecule has 0 radical (unpaired) electrons. The summed E-state index contributed by atoms with van der Waals surface area (Å²) in [5.74, 6) is 1.34. The Morgan fingerprint density at radius 2 is 2.00 bits per heavy atom. The van der Waals surface area contributed by atoms with Crippen LogP contribution in [0.3, 0.4) is 0 Å². The molecular formula is C12H15N3S. The molecule has 0 spiro atoms. The van der Waals surface area contributed by atoms with Crippen molar-refractivity contribution in [1.82, 2.24) is 9.97 Å². The fourth-order valence-electron chi connectivity index (χ4n) is 1.64. The number of nitrogens with zero attached hydrogens (tertiary/aromatic N) is 2. The van der Waals surface area contributed by atoms with Crippen molar-refractivity contribution in [2.75, 3.05) is 5.73 Å². The van der Waals surface area contributed by atoms with E-state index in [9.17, 15) is 0 Å². The molecule has 0 saturated heterocycles. The quantitative estimate of drug-likeness (QED) is 0.867. The second kappa shape index (κ2) is 4.22. The molecule has 2 aromatic rings. The molecule has 2 aromatic heterocycles. The second-order valence-electron chi connectivity index (χ2n) is 3.83. The number of hydrogen-bond donors (Lipinski definition) is 1. The van der Waals surface area contributed by atoms with Gasteiger partial charge < -0.3 is 5.73 Å². The Bertz CT molecular complexity index is 517. The fourth-order valence-corrected chi connectivity index (χ4v) is 2.46. The van der Waals surface area contributed by atoms with Crippen LogP contribution in [0.4, 0.5) is 5.82 Å². The predicted molar refractivity (Wildman–Crippen MR) is 68.6 cm³/mol. The van der Waals surface area contributed by atoms with Gasteiger partial charge in [-0.15, -0.1) is 0 Å². The van der Waals surface area contributed by atoms with Crippen LogP contribution in [-0.2, 0) is 6.42 Å². The maximum absolute atomic E-state index is 5.91. The normalized spacial score (nSPS) is 10.7. The van der Waals surface area contributed by atoms with Gasteiger partial charge in [-0.2, -0.15) is 11.3 Å². The molecule has 0 atom stereocenters. The van der Waals surface area contributed by atoms with E-state index < -0.39 is 0 Å². The highest BCUT2D eigenvalue weighted by atomic mass is 32.1. The van der Waals surface area contributed by atoms with E-state index >= 15 is 0 Å². The molecule has 0 aliphatic rings. The molecule has 0 saturated carbocycles. The van der Waals surface area contributed by atoms with Crippen molar-refractivity contribution in [3.8, 4) is 11.4 Å². The number of aromatic nitrogens is 2. The molecule has 2 N–H and O–H groups in total. The molecule has 84 valence electrons. The number of aryl methyl sites for hydroxylation is 2. The second-order valence-corrected chi connectivity index (χ2v) is 4.57. The molecule has 16 heavy (non-hydrogen) atoms. The third-order valence-electron chi connectivity index (χ3n) is 2.72. The molecule has 0 unspecified atom stereocenters. The van der Waals surface area contributed by atoms with Crippen molar-refractivity contribution < 1.29 is 0 Å². The van der Waals surface area contributed by atoms with Gasteiger partial charge in [-0.3, -0.25) is 0 Å². The zero-order valence-electron chi connectivity index (χ0n) is 9.74. The topological polar surface area (TPSA) is 51.8 Å². The lowest BCUT2D eigenvalue weighted by atomic mass is 10.1. The summed E-state index contributed by atoms with van der Waals surface area (Å²) in [7, 11) is 0. The average molecular weight is 233 g/mol. The number of thiophene rings is 1. The molecule has 0 aliphatic heterocycles. The maximum atomic E-state index is 5.91. The van der Waals surface area contributed by atoms with Crippen LogP contribution in [0, 0.1) is 13.8 Å². The Kier molecular flexibility index (Phi) is 2.92. The van der Waals surface area contributed by atoms with Gasteiger partial charge in [0.25, 0.3) is 0 Å². The molecule has 0 bridgehead atoms. The van der Waals surface area contributed by atoms with E-state index in [0.29, 0.717) is 5.82 Å². The van der Waals surface area contributed by atoms with Crippen LogP contribution < -0.4 is 5.73 Å². The number of nitrogens with two attached hydrogens (primary N) is 1. The molecule has 0 amide bonds. The van der Waals surface area contributed by atoms with Gasteiger partial charge in [0.2, 0.25) is 0 Å². The van der Waals surface area contributed by atoms with E-state index in [0.717, 1.165) is 29.1 Å². The van der Waals surface area contributed by atoms with Gasteiger partial charge in [0.15, 0.2) is 5.82 Å². The Hall–Kier alpha value is -1.42. The first-order valence-electron chi connectivity index (χ1n) is 5.29. The Morgan fingerprint density at radius 1 is 1.25 bits per heavy atom. The highest BCUT2D eigenvalue weighted by molar-refractivity contribution is 7.08. The van der Waals surface area contributed by atoms with E-state index in [4.69, 9.17) is 5.73 Å². The van der Waals surface area contributed by atoms with Crippen molar-refractivity contribution in [3.05, 3.63) is 27.6 Å². The summed E-state index contributed by atoms with van der Waals surface area (Å²) in [6, 6.07) is 0. The van der Waals surface area contributed by atoms with Crippen molar-refractivity contribution in [3.63, 3.8) is 0 Å². The summed E-state index contributed by atoms with van der Waals surface area (Å²) in [4.78, 5) is 8.93. The van der Waals surface area contributed by atoms with Crippen LogP contribution >= 0.6 is 11.3 Å². The van der Waals surface area contributed by atoms with E-state index in [2.05, 4.69) is 34.6 Å². The molecule has 4 heteroatoms. The Balaban J connectivity index is 2.59. The van der Waals surface area contributed by atoms with Gasteiger partial charge in [-0.25, -0.2) is 9.97 Å². The summed E-state index contributed by atoms with van der Waals surface area (Å²) >= 11 is 1.66. The number of nitrogen functional groups attached to an aromatic ring is 1. The smallest absolute Gasteiger partial charge is 0.162 e. The van der Waals surface area contributed by atoms with Crippen LogP contribution in [0.15, 0.2) is 10.8 Å². The third kappa shape index (κ3) is 1.80. The third-order valence-corrected chi connectivity index (χ3v) is 3.58. The van der Waals surface area contributed by atoms with Crippen LogP contribution in [0.2, 0.25) is 0 Å². The lowest BCUT2D eigenvalue weighted by Gasteiger charge is -2.08. The number of hydrogen-bond acceptors (Lipinski definition) is 4. The molecule has 0 aromatic carbocycles. The minimum Gasteiger partial charge on any atom is -0.383 e. The van der Waals surface area contributed by atoms with E-state index in [1.54, 1.807) is 11.3 Å². The SMILES string of the molecule is CCc1nc(-c2cscc2C)nc(N)c1C. The molecule has 3 nitrogen and oxygen atoms in total. The first-order valence-corrected chi connectivity index (χ1v) is 6.24. The standard InChI is InChI=1S/C12H15N3S/c1-4-10-8(3)11(13)15-12(14-10)9-6-16-5-7(9)2/h5-6H,4H2,1-3H3,(H2,13,14,15). The van der Waals surface area contributed by atoms with Crippen molar-refractivity contribution in [2.45, 2.75) is 27.2 Å². The fraction of sp³-hybridized carbons (Fsp3) is 0.333. The van der Waals surface area contributed by atoms with Gasteiger partial charge in [-0.1, -0.05) is 6.92 Å². The largest absolute Gasteiger partial charge is 0.383 e. The van der Waals surface area contributed by atoms with Gasteiger partial charge in [0.1, 0.15) is 5.82 Å². The highest BCUT2D eigenvalue weighted by Crippen LogP contribution is 2.26. The minimum absolute atomic E-state index is 0.590. The van der Waals surface area contributed by atoms with Crippen LogP contribution in [0.1, 0.15) is 23.7 Å². The van der Waals surface area contributed by atoms with Gasteiger partial charge in [0.05, 0.1) is 0 Å². The highest BCUT2D eigenvalue weighted by Gasteiger charge is 2.11.